The maximum absolute atomic E-state index is 14.2. The van der Waals surface area contributed by atoms with Crippen molar-refractivity contribution >= 4 is 12.0 Å². The molecule has 0 saturated heterocycles. The molecule has 0 atom stereocenters. The Morgan fingerprint density at radius 2 is 1.00 bits per heavy atom. The number of rotatable bonds is 13. The van der Waals surface area contributed by atoms with E-state index >= 15 is 0 Å². The fraction of sp³-hybridized carbons (Fsp3) is 0.682. The largest absolute Gasteiger partial charge is 0.487 e. The summed E-state index contributed by atoms with van der Waals surface area (Å²) >= 11 is 0. The van der Waals surface area contributed by atoms with Gasteiger partial charge in [-0.2, -0.15) is 83.4 Å². The molecule has 0 aliphatic carbocycles. The third kappa shape index (κ3) is 5.92. The lowest BCUT2D eigenvalue weighted by atomic mass is 9.87. The molecule has 3 nitrogen and oxygen atoms in total. The Morgan fingerprint density at radius 1 is 0.614 bits per heavy atom. The first-order valence-electron chi connectivity index (χ1n) is 11.3. The Balaban J connectivity index is 3.52. The summed E-state index contributed by atoms with van der Waals surface area (Å²) in [4.78, 5) is 5.52. The lowest BCUT2D eigenvalue weighted by Crippen LogP contribution is -2.76. The maximum Gasteiger partial charge on any atom is 0.460 e. The van der Waals surface area contributed by atoms with Gasteiger partial charge in [0.15, 0.2) is 6.61 Å². The van der Waals surface area contributed by atoms with Crippen molar-refractivity contribution in [2.75, 3.05) is 20.2 Å². The van der Waals surface area contributed by atoms with Crippen molar-refractivity contribution in [3.05, 3.63) is 23.3 Å². The smallest absolute Gasteiger partial charge is 0.460 e. The molecule has 0 unspecified atom stereocenters. The van der Waals surface area contributed by atoms with Crippen molar-refractivity contribution < 1.29 is 88.2 Å². The highest BCUT2D eigenvalue weighted by atomic mass is 19.4. The van der Waals surface area contributed by atoms with E-state index in [-0.39, 0.29) is 16.8 Å². The number of nitrogens with zero attached hydrogens (tertiary/aromatic N) is 2. The van der Waals surface area contributed by atoms with Crippen LogP contribution >= 0.6 is 0 Å². The van der Waals surface area contributed by atoms with Crippen LogP contribution in [0.15, 0.2) is 17.1 Å². The molecule has 0 aromatic heterocycles. The van der Waals surface area contributed by atoms with Crippen LogP contribution in [0.5, 0.6) is 5.75 Å². The molecular weight excluding hydrogens is 669 g/mol. The van der Waals surface area contributed by atoms with Crippen LogP contribution < -0.4 is 4.74 Å². The number of aliphatic imine (C=N–C) groups is 1. The van der Waals surface area contributed by atoms with Gasteiger partial charge in [-0.05, 0) is 44.0 Å². The molecule has 44 heavy (non-hydrogen) atoms. The minimum Gasteiger partial charge on any atom is -0.487 e. The summed E-state index contributed by atoms with van der Waals surface area (Å²) < 4.78 is 260. The molecule has 0 radical (unpaired) electrons. The van der Waals surface area contributed by atoms with Crippen molar-refractivity contribution in [1.29, 1.82) is 0 Å². The van der Waals surface area contributed by atoms with Crippen LogP contribution in [0, 0.1) is 13.8 Å². The zero-order valence-corrected chi connectivity index (χ0v) is 22.1. The zero-order chi connectivity index (χ0) is 35.3. The molecule has 0 fully saturated rings. The summed E-state index contributed by atoms with van der Waals surface area (Å²) in [6.07, 6.45) is -6.65. The molecule has 256 valence electrons. The number of hydrogen-bond acceptors (Lipinski definition) is 2. The molecule has 0 saturated carbocycles. The molecule has 0 bridgehead atoms. The van der Waals surface area contributed by atoms with Crippen molar-refractivity contribution in [2.45, 2.75) is 74.3 Å². The normalized spacial score (nSPS) is 15.2. The lowest BCUT2D eigenvalue weighted by Gasteiger charge is -2.43. The quantitative estimate of drug-likeness (QED) is 0.118. The standard InChI is InChI=1S/C22H19F19N2O/c1-5-43(4)9-42-12-6-11(3)13(7-10(12)2)44-8-14(23,24)15(25,26)16(27,28)17(29,30)18(31,32)19(33,34)20(35,36)21(37,38)22(39,40)41/h6-7,9H,5,8H2,1-4H3/b42-9+. The molecule has 1 rings (SSSR count). The van der Waals surface area contributed by atoms with Crippen LogP contribution in [0.1, 0.15) is 18.1 Å². The Labute approximate surface area is 234 Å². The van der Waals surface area contributed by atoms with E-state index in [2.05, 4.69) is 9.73 Å². The van der Waals surface area contributed by atoms with E-state index < -0.39 is 65.9 Å². The van der Waals surface area contributed by atoms with Crippen LogP contribution in [0.25, 0.3) is 0 Å². The van der Waals surface area contributed by atoms with Gasteiger partial charge in [-0.1, -0.05) is 0 Å². The molecule has 0 heterocycles. The summed E-state index contributed by atoms with van der Waals surface area (Å²) in [6.45, 7) is 1.34. The molecule has 0 amide bonds. The summed E-state index contributed by atoms with van der Waals surface area (Å²) in [7, 11) is 1.57. The first-order valence-corrected chi connectivity index (χ1v) is 11.3. The van der Waals surface area contributed by atoms with E-state index in [0.29, 0.717) is 6.54 Å². The van der Waals surface area contributed by atoms with Crippen molar-refractivity contribution in [3.63, 3.8) is 0 Å². The van der Waals surface area contributed by atoms with Gasteiger partial charge in [0.1, 0.15) is 5.75 Å². The molecule has 1 aromatic carbocycles. The SMILES string of the molecule is CCN(C)/C=N/c1cc(C)c(OCC(F)(F)C(F)(F)C(F)(F)C(F)(F)C(F)(F)C(F)(F)C(F)(F)C(F)(F)C(F)(F)F)cc1C. The van der Waals surface area contributed by atoms with Crippen LogP contribution in [-0.4, -0.2) is 85.0 Å². The first kappa shape index (κ1) is 39.2. The third-order valence-electron chi connectivity index (χ3n) is 5.98. The molecule has 1 aromatic rings. The number of halogens is 19. The van der Waals surface area contributed by atoms with Crippen molar-refractivity contribution in [2.24, 2.45) is 4.99 Å². The van der Waals surface area contributed by atoms with Gasteiger partial charge < -0.3 is 9.64 Å². The Bertz CT molecular complexity index is 1210. The van der Waals surface area contributed by atoms with E-state index in [1.54, 1.807) is 18.9 Å². The number of hydrogen-bond donors (Lipinski definition) is 0. The Kier molecular flexibility index (Phi) is 10.2. The van der Waals surface area contributed by atoms with Crippen molar-refractivity contribution in [3.8, 4) is 5.75 Å². The van der Waals surface area contributed by atoms with Gasteiger partial charge >= 0.3 is 53.6 Å². The van der Waals surface area contributed by atoms with Crippen LogP contribution in [0.4, 0.5) is 89.1 Å². The second-order valence-electron chi connectivity index (χ2n) is 9.23. The maximum atomic E-state index is 14.2. The summed E-state index contributed by atoms with van der Waals surface area (Å²) in [5.74, 6) is -67.9. The fourth-order valence-corrected chi connectivity index (χ4v) is 2.96. The lowest BCUT2D eigenvalue weighted by molar-refractivity contribution is -0.469. The Morgan fingerprint density at radius 3 is 1.39 bits per heavy atom. The topological polar surface area (TPSA) is 24.8 Å². The van der Waals surface area contributed by atoms with E-state index in [9.17, 15) is 83.4 Å². The third-order valence-corrected chi connectivity index (χ3v) is 5.98. The molecule has 0 aliphatic heterocycles. The average molecular weight is 688 g/mol. The average Bonchev–Trinajstić information content (AvgIpc) is 2.86. The van der Waals surface area contributed by atoms with Gasteiger partial charge in [0.2, 0.25) is 0 Å². The van der Waals surface area contributed by atoms with Gasteiger partial charge in [-0.25, -0.2) is 4.99 Å². The first-order chi connectivity index (χ1) is 19.2. The highest BCUT2D eigenvalue weighted by Gasteiger charge is 2.96. The van der Waals surface area contributed by atoms with Gasteiger partial charge in [0.25, 0.3) is 0 Å². The van der Waals surface area contributed by atoms with E-state index in [1.165, 1.54) is 13.3 Å². The van der Waals surface area contributed by atoms with Gasteiger partial charge in [-0.3, -0.25) is 0 Å². The predicted molar refractivity (Wildman–Crippen MR) is 113 cm³/mol. The second kappa shape index (κ2) is 11.5. The molecule has 22 heteroatoms. The van der Waals surface area contributed by atoms with E-state index in [4.69, 9.17) is 0 Å². The fourth-order valence-electron chi connectivity index (χ4n) is 2.96. The molecule has 0 spiro atoms. The minimum absolute atomic E-state index is 0.0387. The van der Waals surface area contributed by atoms with E-state index in [1.807, 2.05) is 0 Å². The van der Waals surface area contributed by atoms with Gasteiger partial charge in [0, 0.05) is 13.6 Å². The Hall–Kier alpha value is -2.84. The van der Waals surface area contributed by atoms with Crippen LogP contribution in [-0.2, 0) is 0 Å². The minimum atomic E-state index is -8.96. The summed E-state index contributed by atoms with van der Waals surface area (Å²) in [6, 6.07) is 1.84. The zero-order valence-electron chi connectivity index (χ0n) is 22.1. The highest BCUT2D eigenvalue weighted by Crippen LogP contribution is 2.65. The predicted octanol–water partition coefficient (Wildman–Crippen LogP) is 8.94. The van der Waals surface area contributed by atoms with Crippen molar-refractivity contribution in [1.82, 2.24) is 4.90 Å². The number of ether oxygens (including phenoxy) is 1. The van der Waals surface area contributed by atoms with Crippen LogP contribution in [0.2, 0.25) is 0 Å². The summed E-state index contributed by atoms with van der Waals surface area (Å²) in [5.41, 5.74) is -0.108. The number of benzene rings is 1. The van der Waals surface area contributed by atoms with E-state index in [0.717, 1.165) is 19.1 Å². The van der Waals surface area contributed by atoms with Crippen LogP contribution in [0.3, 0.4) is 0 Å². The number of alkyl halides is 19. The van der Waals surface area contributed by atoms with Gasteiger partial charge in [-0.15, -0.1) is 0 Å². The molecule has 0 N–H and O–H groups in total. The molecular formula is C22H19F19N2O. The monoisotopic (exact) mass is 688 g/mol. The summed E-state index contributed by atoms with van der Waals surface area (Å²) in [5, 5.41) is 0. The van der Waals surface area contributed by atoms with Gasteiger partial charge in [0.05, 0.1) is 12.0 Å². The highest BCUT2D eigenvalue weighted by molar-refractivity contribution is 5.64. The second-order valence-corrected chi connectivity index (χ2v) is 9.23. The number of aryl methyl sites for hydroxylation is 2. The molecule has 0 aliphatic rings.